The summed E-state index contributed by atoms with van der Waals surface area (Å²) in [5, 5.41) is 0. The third-order valence-corrected chi connectivity index (χ3v) is 5.69. The summed E-state index contributed by atoms with van der Waals surface area (Å²) >= 11 is 0. The highest BCUT2D eigenvalue weighted by Gasteiger charge is 2.52. The molecule has 5 nitrogen and oxygen atoms in total. The normalized spacial score (nSPS) is 22.8. The summed E-state index contributed by atoms with van der Waals surface area (Å²) in [7, 11) is -1.09. The van der Waals surface area contributed by atoms with E-state index in [1.165, 1.54) is 6.26 Å². The molecule has 0 radical (unpaired) electrons. The summed E-state index contributed by atoms with van der Waals surface area (Å²) in [6.07, 6.45) is 5.04. The quantitative estimate of drug-likeness (QED) is 0.445. The van der Waals surface area contributed by atoms with Crippen molar-refractivity contribution >= 4 is 39.8 Å². The Morgan fingerprint density at radius 2 is 2.00 bits per heavy atom. The molecule has 17 heavy (non-hydrogen) atoms. The molecule has 0 amide bonds. The van der Waals surface area contributed by atoms with Crippen LogP contribution >= 0.6 is 24.0 Å². The van der Waals surface area contributed by atoms with Crippen molar-refractivity contribution in [3.05, 3.63) is 0 Å². The van der Waals surface area contributed by atoms with Crippen LogP contribution < -0.4 is 5.73 Å². The second-order valence-corrected chi connectivity index (χ2v) is 7.38. The van der Waals surface area contributed by atoms with Crippen LogP contribution in [0, 0.1) is 0 Å². The average molecular weight is 373 g/mol. The lowest BCUT2D eigenvalue weighted by Crippen LogP contribution is -2.37. The van der Waals surface area contributed by atoms with Crippen molar-refractivity contribution in [1.82, 2.24) is 4.90 Å². The van der Waals surface area contributed by atoms with E-state index in [0.29, 0.717) is 18.5 Å². The maximum Gasteiger partial charge on any atom is 0.191 e. The van der Waals surface area contributed by atoms with Crippen LogP contribution in [0.3, 0.4) is 0 Å². The number of halogens is 1. The Labute approximate surface area is 120 Å². The first-order chi connectivity index (χ1) is 7.36. The highest BCUT2D eigenvalue weighted by atomic mass is 127. The van der Waals surface area contributed by atoms with Gasteiger partial charge in [0.25, 0.3) is 0 Å². The standard InChI is InChI=1S/C10H19N3O2S.HI/c1-13(8-3-4-8)9(11)12-7-10(5-6-10)16(2,14)15;/h8H,3-7H2,1-2H3,(H2,11,12);1H. The Kier molecular flexibility index (Phi) is 4.33. The van der Waals surface area contributed by atoms with Crippen LogP contribution in [-0.2, 0) is 9.84 Å². The Balaban J connectivity index is 0.00000144. The number of sulfone groups is 1. The van der Waals surface area contributed by atoms with Gasteiger partial charge >= 0.3 is 0 Å². The molecular formula is C10H20IN3O2S. The summed E-state index contributed by atoms with van der Waals surface area (Å²) in [4.78, 5) is 6.17. The molecule has 0 saturated heterocycles. The monoisotopic (exact) mass is 373 g/mol. The van der Waals surface area contributed by atoms with Crippen LogP contribution in [-0.4, -0.2) is 49.9 Å². The van der Waals surface area contributed by atoms with Gasteiger partial charge in [0.05, 0.1) is 11.3 Å². The second kappa shape index (κ2) is 4.91. The molecule has 2 aliphatic rings. The van der Waals surface area contributed by atoms with E-state index in [-0.39, 0.29) is 24.0 Å². The molecule has 0 aliphatic heterocycles. The molecule has 0 aromatic carbocycles. The molecule has 2 aliphatic carbocycles. The Hall–Kier alpha value is -0.0500. The average Bonchev–Trinajstić information content (AvgIpc) is 3.00. The minimum atomic E-state index is -3.00. The lowest BCUT2D eigenvalue weighted by Gasteiger charge is -2.18. The molecule has 0 bridgehead atoms. The zero-order valence-corrected chi connectivity index (χ0v) is 13.4. The van der Waals surface area contributed by atoms with E-state index in [9.17, 15) is 8.42 Å². The summed E-state index contributed by atoms with van der Waals surface area (Å²) in [5.74, 6) is 0.470. The Bertz CT molecular complexity index is 413. The van der Waals surface area contributed by atoms with Crippen LogP contribution in [0.2, 0.25) is 0 Å². The van der Waals surface area contributed by atoms with E-state index >= 15 is 0 Å². The SMILES string of the molecule is CN(C(N)=NCC1(S(C)(=O)=O)CC1)C1CC1.I. The van der Waals surface area contributed by atoms with Crippen molar-refractivity contribution < 1.29 is 8.42 Å². The topological polar surface area (TPSA) is 75.8 Å². The van der Waals surface area contributed by atoms with Crippen molar-refractivity contribution in [2.45, 2.75) is 36.5 Å². The van der Waals surface area contributed by atoms with Gasteiger partial charge in [-0.3, -0.25) is 4.99 Å². The number of hydrogen-bond donors (Lipinski definition) is 1. The molecule has 2 fully saturated rings. The second-order valence-electron chi connectivity index (χ2n) is 4.97. The number of aliphatic imine (C=N–C) groups is 1. The van der Waals surface area contributed by atoms with Gasteiger partial charge in [-0.05, 0) is 25.7 Å². The van der Waals surface area contributed by atoms with Gasteiger partial charge in [0.2, 0.25) is 0 Å². The third kappa shape index (κ3) is 3.24. The van der Waals surface area contributed by atoms with Crippen molar-refractivity contribution in [2.24, 2.45) is 10.7 Å². The molecule has 0 aromatic rings. The first-order valence-corrected chi connectivity index (χ1v) is 7.47. The largest absolute Gasteiger partial charge is 0.370 e. The predicted molar refractivity (Wildman–Crippen MR) is 79.5 cm³/mol. The molecule has 0 heterocycles. The number of nitrogens with zero attached hydrogens (tertiary/aromatic N) is 2. The minimum Gasteiger partial charge on any atom is -0.370 e. The van der Waals surface area contributed by atoms with Crippen molar-refractivity contribution in [2.75, 3.05) is 19.8 Å². The zero-order valence-electron chi connectivity index (χ0n) is 10.2. The van der Waals surface area contributed by atoms with Gasteiger partial charge < -0.3 is 10.6 Å². The van der Waals surface area contributed by atoms with Gasteiger partial charge in [0, 0.05) is 19.3 Å². The lowest BCUT2D eigenvalue weighted by molar-refractivity contribution is 0.486. The van der Waals surface area contributed by atoms with Gasteiger partial charge in [0.1, 0.15) is 0 Å². The van der Waals surface area contributed by atoms with Crippen LogP contribution in [0.4, 0.5) is 0 Å². The molecule has 100 valence electrons. The summed E-state index contributed by atoms with van der Waals surface area (Å²) in [6.45, 7) is 0.314. The molecular weight excluding hydrogens is 353 g/mol. The number of nitrogens with two attached hydrogens (primary N) is 1. The fourth-order valence-electron chi connectivity index (χ4n) is 1.77. The molecule has 2 rings (SSSR count). The zero-order chi connectivity index (χ0) is 12.0. The van der Waals surface area contributed by atoms with Gasteiger partial charge in [0.15, 0.2) is 15.8 Å². The van der Waals surface area contributed by atoms with Crippen LogP contribution in [0.5, 0.6) is 0 Å². The number of rotatable bonds is 4. The van der Waals surface area contributed by atoms with Crippen molar-refractivity contribution in [3.8, 4) is 0 Å². The van der Waals surface area contributed by atoms with E-state index in [1.807, 2.05) is 11.9 Å². The van der Waals surface area contributed by atoms with E-state index in [2.05, 4.69) is 4.99 Å². The van der Waals surface area contributed by atoms with Gasteiger partial charge in [-0.15, -0.1) is 24.0 Å². The smallest absolute Gasteiger partial charge is 0.191 e. The number of guanidine groups is 1. The first kappa shape index (κ1) is 15.0. The third-order valence-electron chi connectivity index (χ3n) is 3.58. The van der Waals surface area contributed by atoms with E-state index in [0.717, 1.165) is 25.7 Å². The highest BCUT2D eigenvalue weighted by Crippen LogP contribution is 2.43. The van der Waals surface area contributed by atoms with Crippen LogP contribution in [0.1, 0.15) is 25.7 Å². The van der Waals surface area contributed by atoms with Gasteiger partial charge in [-0.2, -0.15) is 0 Å². The van der Waals surface area contributed by atoms with E-state index in [4.69, 9.17) is 5.73 Å². The summed E-state index contributed by atoms with van der Waals surface area (Å²) in [6, 6.07) is 0.511. The number of hydrogen-bond acceptors (Lipinski definition) is 3. The molecule has 7 heteroatoms. The molecule has 2 saturated carbocycles. The summed E-state index contributed by atoms with van der Waals surface area (Å²) < 4.78 is 22.4. The van der Waals surface area contributed by atoms with E-state index in [1.54, 1.807) is 0 Å². The first-order valence-electron chi connectivity index (χ1n) is 5.58. The molecule has 2 N–H and O–H groups in total. The van der Waals surface area contributed by atoms with Crippen molar-refractivity contribution in [3.63, 3.8) is 0 Å². The molecule has 0 atom stereocenters. The van der Waals surface area contributed by atoms with Gasteiger partial charge in [-0.25, -0.2) is 8.42 Å². The summed E-state index contributed by atoms with van der Waals surface area (Å²) in [5.41, 5.74) is 5.82. The van der Waals surface area contributed by atoms with Crippen LogP contribution in [0.15, 0.2) is 4.99 Å². The van der Waals surface area contributed by atoms with Crippen LogP contribution in [0.25, 0.3) is 0 Å². The van der Waals surface area contributed by atoms with Crippen molar-refractivity contribution in [1.29, 1.82) is 0 Å². The Morgan fingerprint density at radius 3 is 2.35 bits per heavy atom. The minimum absolute atomic E-state index is 0. The highest BCUT2D eigenvalue weighted by molar-refractivity contribution is 14.0. The van der Waals surface area contributed by atoms with E-state index < -0.39 is 14.6 Å². The maximum absolute atomic E-state index is 11.5. The maximum atomic E-state index is 11.5. The van der Waals surface area contributed by atoms with Gasteiger partial charge in [-0.1, -0.05) is 0 Å². The molecule has 0 unspecified atom stereocenters. The molecule has 0 aromatic heterocycles. The Morgan fingerprint density at radius 1 is 1.47 bits per heavy atom. The predicted octanol–water partition coefficient (Wildman–Crippen LogP) is 0.590. The lowest BCUT2D eigenvalue weighted by atomic mass is 10.4. The molecule has 0 spiro atoms. The fourth-order valence-corrected chi connectivity index (χ4v) is 2.91. The fraction of sp³-hybridized carbons (Fsp3) is 0.900.